The number of hydrogen-bond acceptors (Lipinski definition) is 20. The number of ether oxygens (including phenoxy) is 9. The van der Waals surface area contributed by atoms with E-state index in [-0.39, 0.29) is 123 Å². The number of carbonyl (C=O) groups is 9. The van der Waals surface area contributed by atoms with Crippen LogP contribution >= 0.6 is 0 Å². The van der Waals surface area contributed by atoms with E-state index in [1.807, 2.05) is 67.1 Å². The smallest absolute Gasteiger partial charge is 0.312 e. The van der Waals surface area contributed by atoms with Gasteiger partial charge in [0.1, 0.15) is 47.3 Å². The monoisotopic (exact) mass is 1450 g/mol. The number of carbonyl (C=O) groups excluding carboxylic acids is 9. The van der Waals surface area contributed by atoms with Crippen LogP contribution in [0.1, 0.15) is 209 Å². The highest BCUT2D eigenvalue weighted by molar-refractivity contribution is 5.95. The van der Waals surface area contributed by atoms with Gasteiger partial charge in [-0.05, 0) is 93.4 Å². The van der Waals surface area contributed by atoms with Crippen LogP contribution in [0.15, 0.2) is 48.5 Å². The summed E-state index contributed by atoms with van der Waals surface area (Å²) in [5.41, 5.74) is 10.6. The molecule has 2 aliphatic carbocycles. The highest BCUT2D eigenvalue weighted by Crippen LogP contribution is 2.32. The van der Waals surface area contributed by atoms with E-state index in [0.29, 0.717) is 170 Å². The van der Waals surface area contributed by atoms with Crippen LogP contribution in [0, 0.1) is 35.5 Å². The second-order valence-electron chi connectivity index (χ2n) is 27.3. The Morgan fingerprint density at radius 1 is 0.577 bits per heavy atom. The third-order valence-electron chi connectivity index (χ3n) is 18.3. The van der Waals surface area contributed by atoms with Crippen molar-refractivity contribution in [2.45, 2.75) is 200 Å². The average molecular weight is 1450 g/mol. The second-order valence-corrected chi connectivity index (χ2v) is 27.3. The number of aromatic nitrogens is 3. The topological polar surface area (TPSA) is 330 Å². The summed E-state index contributed by atoms with van der Waals surface area (Å²) in [5.74, 6) is 2.95. The summed E-state index contributed by atoms with van der Waals surface area (Å²) in [7, 11) is 0. The highest BCUT2D eigenvalue weighted by Gasteiger charge is 2.33. The van der Waals surface area contributed by atoms with E-state index < -0.39 is 35.9 Å². The molecule has 2 aromatic carbocycles. The van der Waals surface area contributed by atoms with Gasteiger partial charge in [-0.3, -0.25) is 38.4 Å². The molecule has 25 nitrogen and oxygen atoms in total. The quantitative estimate of drug-likeness (QED) is 0.0303. The highest BCUT2D eigenvalue weighted by atomic mass is 16.6. The van der Waals surface area contributed by atoms with Crippen molar-refractivity contribution in [3.05, 3.63) is 82.2 Å². The molecule has 0 bridgehead atoms. The summed E-state index contributed by atoms with van der Waals surface area (Å²) in [6.07, 6.45) is 10.5. The van der Waals surface area contributed by atoms with E-state index in [4.69, 9.17) is 48.4 Å². The van der Waals surface area contributed by atoms with Gasteiger partial charge in [-0.2, -0.15) is 0 Å². The van der Waals surface area contributed by atoms with Crippen molar-refractivity contribution in [2.24, 2.45) is 29.4 Å². The zero-order valence-corrected chi connectivity index (χ0v) is 62.6. The van der Waals surface area contributed by atoms with E-state index in [0.717, 1.165) is 72.2 Å². The molecule has 0 fully saturated rings. The number of nitrogens with two attached hydrogens (primary N) is 1. The molecule has 0 saturated carbocycles. The Labute approximate surface area is 616 Å². The van der Waals surface area contributed by atoms with Crippen LogP contribution in [0.2, 0.25) is 0 Å². The fraction of sp³-hybridized carbons (Fsp3) is 0.684. The molecule has 0 aliphatic heterocycles. The maximum Gasteiger partial charge on any atom is 0.312 e. The lowest BCUT2D eigenvalue weighted by Crippen LogP contribution is -2.48. The molecule has 2 aliphatic rings. The van der Waals surface area contributed by atoms with Crippen molar-refractivity contribution in [3.63, 3.8) is 0 Å². The van der Waals surface area contributed by atoms with Crippen LogP contribution in [0.3, 0.4) is 0 Å². The van der Waals surface area contributed by atoms with Gasteiger partial charge in [0.2, 0.25) is 11.8 Å². The maximum absolute atomic E-state index is 14.2. The van der Waals surface area contributed by atoms with Crippen molar-refractivity contribution < 1.29 is 85.8 Å². The van der Waals surface area contributed by atoms with Gasteiger partial charge in [0.15, 0.2) is 5.78 Å². The van der Waals surface area contributed by atoms with Gasteiger partial charge in [-0.1, -0.05) is 114 Å². The molecule has 5 rings (SSSR count). The number of nitrogens with zero attached hydrogens (tertiary/aromatic N) is 3. The minimum absolute atomic E-state index is 0.0246. The lowest BCUT2D eigenvalue weighted by molar-refractivity contribution is -0.135. The van der Waals surface area contributed by atoms with Crippen LogP contribution in [0.4, 0.5) is 4.79 Å². The van der Waals surface area contributed by atoms with E-state index >= 15 is 0 Å². The zero-order valence-electron chi connectivity index (χ0n) is 62.6. The number of hydrogen-bond donors (Lipinski definition) is 4. The lowest BCUT2D eigenvalue weighted by Gasteiger charge is -2.26. The lowest BCUT2D eigenvalue weighted by atomic mass is 9.82. The number of amides is 4. The van der Waals surface area contributed by atoms with E-state index in [1.165, 1.54) is 0 Å². The predicted molar refractivity (Wildman–Crippen MR) is 392 cm³/mol. The van der Waals surface area contributed by atoms with E-state index in [1.54, 1.807) is 13.8 Å². The molecule has 0 radical (unpaired) electrons. The molecule has 104 heavy (non-hydrogen) atoms. The second kappa shape index (κ2) is 52.9. The van der Waals surface area contributed by atoms with Gasteiger partial charge in [-0.15, -0.1) is 5.10 Å². The number of primary amides is 1. The summed E-state index contributed by atoms with van der Waals surface area (Å²) in [6.45, 7) is 15.7. The molecule has 5 N–H and O–H groups in total. The molecule has 2 unspecified atom stereocenters. The molecular weight excluding hydrogens is 1330 g/mol. The molecule has 3 aromatic rings. The molecular formula is C79H119N7O18. The zero-order chi connectivity index (χ0) is 74.9. The Morgan fingerprint density at radius 2 is 1.15 bits per heavy atom. The van der Waals surface area contributed by atoms with Gasteiger partial charge < -0.3 is 64.3 Å². The van der Waals surface area contributed by atoms with Gasteiger partial charge >= 0.3 is 6.03 Å². The Hall–Kier alpha value is -6.99. The van der Waals surface area contributed by atoms with Crippen LogP contribution < -0.4 is 21.7 Å². The number of ketones is 6. The van der Waals surface area contributed by atoms with Gasteiger partial charge in [0.05, 0.1) is 117 Å². The first-order valence-corrected chi connectivity index (χ1v) is 38.0. The Bertz CT molecular complexity index is 3130. The summed E-state index contributed by atoms with van der Waals surface area (Å²) < 4.78 is 53.3. The third kappa shape index (κ3) is 35.9. The van der Waals surface area contributed by atoms with Crippen molar-refractivity contribution in [1.82, 2.24) is 30.9 Å². The maximum atomic E-state index is 14.2. The molecule has 0 spiro atoms. The summed E-state index contributed by atoms with van der Waals surface area (Å²) >= 11 is 0. The first kappa shape index (κ1) is 87.6. The van der Waals surface area contributed by atoms with Crippen LogP contribution in [-0.4, -0.2) is 199 Å². The number of urea groups is 1. The van der Waals surface area contributed by atoms with Gasteiger partial charge in [0, 0.05) is 106 Å². The Balaban J connectivity index is 0.978. The van der Waals surface area contributed by atoms with Gasteiger partial charge in [-0.25, -0.2) is 9.48 Å². The van der Waals surface area contributed by atoms with Crippen LogP contribution in [0.5, 0.6) is 0 Å². The largest absolute Gasteiger partial charge is 0.379 e. The number of benzene rings is 2. The molecule has 1 heterocycles. The van der Waals surface area contributed by atoms with E-state index in [2.05, 4.69) is 45.0 Å². The average Bonchev–Trinajstić information content (AvgIpc) is 0.883. The minimum Gasteiger partial charge on any atom is -0.379 e. The molecule has 1 aromatic heterocycles. The number of fused-ring (bicyclic) bond motifs is 3. The first-order valence-electron chi connectivity index (χ1n) is 38.0. The van der Waals surface area contributed by atoms with Crippen LogP contribution in [0.25, 0.3) is 0 Å². The third-order valence-corrected chi connectivity index (χ3v) is 18.3. The molecule has 25 heteroatoms. The Morgan fingerprint density at radius 3 is 1.81 bits per heavy atom. The molecule has 0 saturated heterocycles. The fourth-order valence-corrected chi connectivity index (χ4v) is 12.4. The van der Waals surface area contributed by atoms with Crippen molar-refractivity contribution >= 4 is 52.5 Å². The van der Waals surface area contributed by atoms with Gasteiger partial charge in [0.25, 0.3) is 0 Å². The van der Waals surface area contributed by atoms with Crippen LogP contribution in [-0.2, 0) is 100 Å². The Kier molecular flexibility index (Phi) is 44.6. The summed E-state index contributed by atoms with van der Waals surface area (Å²) in [5, 5.41) is 17.4. The molecule has 4 amide bonds. The fourth-order valence-electron chi connectivity index (χ4n) is 12.4. The van der Waals surface area contributed by atoms with E-state index in [9.17, 15) is 43.2 Å². The number of Topliss-reactive ketones (excluding diaryl/α,β-unsaturated/α-hetero) is 6. The normalized spacial score (nSPS) is 15.0. The minimum atomic E-state index is -0.931. The van der Waals surface area contributed by atoms with Crippen molar-refractivity contribution in [1.29, 1.82) is 0 Å². The predicted octanol–water partition coefficient (Wildman–Crippen LogP) is 8.81. The SMILES string of the molecule is CCCCC(=O)CCOCCOCCOCCOCCn1nnc2c1CCCCCC2OCC(=O)NCCCC[C@@H](CC(=O)CCOCCOCCOCCOCCCC(=O)CCC(=O)C1Cc2ccccc2C#Cc2ccccc21)C(=O)N[C@H](C(=O)C[C@@H](CCCNC(N)=O)C(=O)C(C)C)C(C)C. The standard InChI is InChI=1S/C79H119N7O18/c1-6-7-24-66(88)33-39-97-43-47-101-52-53-103-49-45-99-41-37-86-70-27-9-8-10-28-73(76(70)84-85-86)104-57-74(92)81-35-16-15-22-64(78(94)83-75(58(2)3)72(91)56-63(77(93)59(4)5)23-17-36-82-79(80)95)54-67(89)34-40-98-44-48-102-51-50-100-46-42-96-38-18-25-65(87)31-32-71(90)69-55-62-21-12-11-19-60(62)29-30-61-20-13-14-26-68(61)69/h11-14,19-21,26,58-59,63-64,69,73,75H,6-10,15-18,22-25,27-28,31-57H2,1-5H3,(H,81,92)(H,83,94)(H3,80,82,95)/t63-,64+,69?,73?,75+/m1/s1. The molecule has 578 valence electrons. The molecule has 5 atom stereocenters. The number of unbranched alkanes of at least 4 members (excludes halogenated alkanes) is 2. The van der Waals surface area contributed by atoms with Crippen molar-refractivity contribution in [3.8, 4) is 11.8 Å². The summed E-state index contributed by atoms with van der Waals surface area (Å²) in [4.78, 5) is 118. The van der Waals surface area contributed by atoms with Crippen molar-refractivity contribution in [2.75, 3.05) is 125 Å². The number of nitrogens with one attached hydrogen (secondary N) is 3. The first-order chi connectivity index (χ1) is 50.4. The number of rotatable bonds is 60. The summed E-state index contributed by atoms with van der Waals surface area (Å²) in [6, 6.07) is 14.0.